The topological polar surface area (TPSA) is 91.2 Å². The number of hydrazone groups is 1. The normalized spacial score (nSPS) is 10.8. The zero-order chi connectivity index (χ0) is 19.9. The average Bonchev–Trinajstić information content (AvgIpc) is 2.66. The van der Waals surface area contributed by atoms with Gasteiger partial charge in [0.05, 0.1) is 6.21 Å². The van der Waals surface area contributed by atoms with Gasteiger partial charge in [-0.1, -0.05) is 23.7 Å². The maximum absolute atomic E-state index is 12.0. The van der Waals surface area contributed by atoms with Gasteiger partial charge in [0.1, 0.15) is 23.9 Å². The molecule has 0 aromatic heterocycles. The molecule has 0 aliphatic heterocycles. The summed E-state index contributed by atoms with van der Waals surface area (Å²) in [4.78, 5) is 12.0. The molecule has 0 aliphatic carbocycles. The molecule has 0 aliphatic rings. The Labute approximate surface area is 166 Å². The summed E-state index contributed by atoms with van der Waals surface area (Å²) in [6, 6.07) is 18.2. The van der Waals surface area contributed by atoms with Crippen molar-refractivity contribution in [2.24, 2.45) is 5.10 Å². The standard InChI is InChI=1S/C21H17ClN2O4/c22-17-3-1-2-15(8-17)13-28-20-6-4-14(5-7-20)12-23-24-21(27)16-9-18(25)11-19(26)10-16/h1-12,25-26H,13H2,(H,24,27)/b23-12+. The second-order valence-corrected chi connectivity index (χ2v) is 6.36. The predicted molar refractivity (Wildman–Crippen MR) is 107 cm³/mol. The fourth-order valence-corrected chi connectivity index (χ4v) is 2.61. The van der Waals surface area contributed by atoms with Gasteiger partial charge >= 0.3 is 0 Å². The van der Waals surface area contributed by atoms with Gasteiger partial charge < -0.3 is 14.9 Å². The zero-order valence-electron chi connectivity index (χ0n) is 14.7. The van der Waals surface area contributed by atoms with Crippen molar-refractivity contribution in [3.05, 3.63) is 88.4 Å². The highest BCUT2D eigenvalue weighted by Crippen LogP contribution is 2.20. The molecule has 3 rings (SSSR count). The Hall–Kier alpha value is -3.51. The summed E-state index contributed by atoms with van der Waals surface area (Å²) in [5.74, 6) is -0.273. The number of phenolic OH excluding ortho intramolecular Hbond substituents is 2. The van der Waals surface area contributed by atoms with Crippen molar-refractivity contribution in [1.82, 2.24) is 5.43 Å². The second kappa shape index (κ2) is 8.92. The third kappa shape index (κ3) is 5.49. The van der Waals surface area contributed by atoms with Gasteiger partial charge in [-0.2, -0.15) is 5.10 Å². The summed E-state index contributed by atoms with van der Waals surface area (Å²) >= 11 is 5.95. The number of phenols is 2. The minimum Gasteiger partial charge on any atom is -0.508 e. The van der Waals surface area contributed by atoms with Gasteiger partial charge in [0, 0.05) is 16.7 Å². The lowest BCUT2D eigenvalue weighted by Gasteiger charge is -2.07. The first kappa shape index (κ1) is 19.3. The van der Waals surface area contributed by atoms with Crippen LogP contribution in [0.5, 0.6) is 17.2 Å². The Morgan fingerprint density at radius 2 is 1.75 bits per heavy atom. The highest BCUT2D eigenvalue weighted by Gasteiger charge is 2.07. The summed E-state index contributed by atoms with van der Waals surface area (Å²) in [6.45, 7) is 0.404. The number of ether oxygens (including phenoxy) is 1. The van der Waals surface area contributed by atoms with Crippen LogP contribution in [0.2, 0.25) is 5.02 Å². The van der Waals surface area contributed by atoms with E-state index in [-0.39, 0.29) is 17.1 Å². The summed E-state index contributed by atoms with van der Waals surface area (Å²) in [5.41, 5.74) is 4.16. The lowest BCUT2D eigenvalue weighted by Crippen LogP contribution is -2.17. The van der Waals surface area contributed by atoms with E-state index in [4.69, 9.17) is 16.3 Å². The van der Waals surface area contributed by atoms with E-state index in [0.29, 0.717) is 17.4 Å². The van der Waals surface area contributed by atoms with E-state index in [1.165, 1.54) is 18.3 Å². The lowest BCUT2D eigenvalue weighted by molar-refractivity contribution is 0.0954. The van der Waals surface area contributed by atoms with E-state index >= 15 is 0 Å². The lowest BCUT2D eigenvalue weighted by atomic mass is 10.2. The highest BCUT2D eigenvalue weighted by atomic mass is 35.5. The first-order chi connectivity index (χ1) is 13.5. The first-order valence-electron chi connectivity index (χ1n) is 8.33. The molecule has 3 aromatic carbocycles. The number of hydrogen-bond donors (Lipinski definition) is 3. The Bertz CT molecular complexity index is 983. The van der Waals surface area contributed by atoms with Crippen LogP contribution in [0.4, 0.5) is 0 Å². The number of nitrogens with zero attached hydrogens (tertiary/aromatic N) is 1. The van der Waals surface area contributed by atoms with E-state index in [9.17, 15) is 15.0 Å². The van der Waals surface area contributed by atoms with Crippen molar-refractivity contribution in [2.45, 2.75) is 6.61 Å². The quantitative estimate of drug-likeness (QED) is 0.432. The molecule has 0 bridgehead atoms. The molecule has 3 N–H and O–H groups in total. The monoisotopic (exact) mass is 396 g/mol. The number of carbonyl (C=O) groups excluding carboxylic acids is 1. The minimum absolute atomic E-state index is 0.0967. The number of rotatable bonds is 6. The van der Waals surface area contributed by atoms with Crippen molar-refractivity contribution in [1.29, 1.82) is 0 Å². The van der Waals surface area contributed by atoms with E-state index in [1.54, 1.807) is 30.3 Å². The van der Waals surface area contributed by atoms with Gasteiger partial charge in [0.2, 0.25) is 0 Å². The number of hydrogen-bond acceptors (Lipinski definition) is 5. The number of halogens is 1. The Morgan fingerprint density at radius 3 is 2.43 bits per heavy atom. The first-order valence-corrected chi connectivity index (χ1v) is 8.71. The molecule has 0 heterocycles. The van der Waals surface area contributed by atoms with E-state index < -0.39 is 5.91 Å². The molecule has 0 radical (unpaired) electrons. The van der Waals surface area contributed by atoms with E-state index in [0.717, 1.165) is 17.2 Å². The van der Waals surface area contributed by atoms with Gasteiger partial charge in [-0.3, -0.25) is 4.79 Å². The maximum atomic E-state index is 12.0. The van der Waals surface area contributed by atoms with Crippen molar-refractivity contribution in [2.75, 3.05) is 0 Å². The van der Waals surface area contributed by atoms with Gasteiger partial charge in [0.15, 0.2) is 0 Å². The third-order valence-electron chi connectivity index (χ3n) is 3.72. The SMILES string of the molecule is O=C(N/N=C/c1ccc(OCc2cccc(Cl)c2)cc1)c1cc(O)cc(O)c1. The largest absolute Gasteiger partial charge is 0.508 e. The van der Waals surface area contributed by atoms with Gasteiger partial charge in [0.25, 0.3) is 5.91 Å². The number of aromatic hydroxyl groups is 2. The smallest absolute Gasteiger partial charge is 0.271 e. The molecule has 0 fully saturated rings. The van der Waals surface area contributed by atoms with Crippen LogP contribution in [0, 0.1) is 0 Å². The molecule has 7 heteroatoms. The minimum atomic E-state index is -0.552. The van der Waals surface area contributed by atoms with Gasteiger partial charge in [-0.05, 0) is 59.7 Å². The number of benzene rings is 3. The van der Waals surface area contributed by atoms with E-state index in [2.05, 4.69) is 10.5 Å². The van der Waals surface area contributed by atoms with Crippen molar-refractivity contribution in [3.8, 4) is 17.2 Å². The Kier molecular flexibility index (Phi) is 6.14. The molecule has 0 atom stereocenters. The van der Waals surface area contributed by atoms with Gasteiger partial charge in [-0.25, -0.2) is 5.43 Å². The molecule has 0 saturated heterocycles. The van der Waals surface area contributed by atoms with Crippen molar-refractivity contribution >= 4 is 23.7 Å². The molecule has 1 amide bonds. The van der Waals surface area contributed by atoms with E-state index in [1.807, 2.05) is 18.2 Å². The molecule has 0 saturated carbocycles. The number of amides is 1. The molecule has 28 heavy (non-hydrogen) atoms. The van der Waals surface area contributed by atoms with Crippen LogP contribution in [0.25, 0.3) is 0 Å². The summed E-state index contributed by atoms with van der Waals surface area (Å²) in [7, 11) is 0. The Morgan fingerprint density at radius 1 is 1.04 bits per heavy atom. The van der Waals surface area contributed by atoms with Crippen LogP contribution in [0.1, 0.15) is 21.5 Å². The molecular formula is C21H17ClN2O4. The fourth-order valence-electron chi connectivity index (χ4n) is 2.40. The van der Waals surface area contributed by atoms with Crippen LogP contribution in [0.15, 0.2) is 71.8 Å². The molecule has 0 spiro atoms. The number of nitrogens with one attached hydrogen (secondary N) is 1. The van der Waals surface area contributed by atoms with Crippen molar-refractivity contribution < 1.29 is 19.7 Å². The third-order valence-corrected chi connectivity index (χ3v) is 3.95. The molecule has 0 unspecified atom stereocenters. The predicted octanol–water partition coefficient (Wildman–Crippen LogP) is 4.09. The summed E-state index contributed by atoms with van der Waals surface area (Å²) < 4.78 is 5.70. The molecule has 3 aromatic rings. The van der Waals surface area contributed by atoms with Crippen LogP contribution >= 0.6 is 11.6 Å². The van der Waals surface area contributed by atoms with Crippen LogP contribution in [-0.2, 0) is 6.61 Å². The maximum Gasteiger partial charge on any atom is 0.271 e. The van der Waals surface area contributed by atoms with Crippen LogP contribution in [-0.4, -0.2) is 22.3 Å². The zero-order valence-corrected chi connectivity index (χ0v) is 15.4. The van der Waals surface area contributed by atoms with Crippen LogP contribution in [0.3, 0.4) is 0 Å². The molecular weight excluding hydrogens is 380 g/mol. The Balaban J connectivity index is 1.54. The fraction of sp³-hybridized carbons (Fsp3) is 0.0476. The summed E-state index contributed by atoms with van der Waals surface area (Å²) in [6.07, 6.45) is 1.47. The van der Waals surface area contributed by atoms with Crippen molar-refractivity contribution in [3.63, 3.8) is 0 Å². The molecule has 6 nitrogen and oxygen atoms in total. The van der Waals surface area contributed by atoms with Crippen LogP contribution < -0.4 is 10.2 Å². The van der Waals surface area contributed by atoms with Gasteiger partial charge in [-0.15, -0.1) is 0 Å². The summed E-state index contributed by atoms with van der Waals surface area (Å²) in [5, 5.41) is 23.3. The number of carbonyl (C=O) groups is 1. The average molecular weight is 397 g/mol. The highest BCUT2D eigenvalue weighted by molar-refractivity contribution is 6.30. The molecule has 142 valence electrons. The second-order valence-electron chi connectivity index (χ2n) is 5.92.